The predicted molar refractivity (Wildman–Crippen MR) is 115 cm³/mol. The monoisotopic (exact) mass is 428 g/mol. The van der Waals surface area contributed by atoms with Crippen molar-refractivity contribution >= 4 is 32.7 Å². The van der Waals surface area contributed by atoms with E-state index >= 15 is 0 Å². The molecule has 1 saturated carbocycles. The first-order valence-electron chi connectivity index (χ1n) is 9.96. The number of aromatic nitrogens is 2. The van der Waals surface area contributed by atoms with Crippen molar-refractivity contribution in [2.24, 2.45) is 5.92 Å². The van der Waals surface area contributed by atoms with Crippen LogP contribution >= 0.6 is 0 Å². The summed E-state index contributed by atoms with van der Waals surface area (Å²) < 4.78 is 28.3. The average Bonchev–Trinajstić information content (AvgIpc) is 3.09. The van der Waals surface area contributed by atoms with Gasteiger partial charge in [0.1, 0.15) is 0 Å². The summed E-state index contributed by atoms with van der Waals surface area (Å²) in [5.74, 6) is 0.378. The highest BCUT2D eigenvalue weighted by Gasteiger charge is 2.23. The highest BCUT2D eigenvalue weighted by Crippen LogP contribution is 2.25. The molecule has 0 bridgehead atoms. The van der Waals surface area contributed by atoms with Crippen LogP contribution in [-0.4, -0.2) is 30.3 Å². The van der Waals surface area contributed by atoms with Gasteiger partial charge in [-0.05, 0) is 61.9 Å². The number of nitrogens with one attached hydrogen (secondary N) is 4. The Labute approximate surface area is 174 Å². The molecular weight excluding hydrogens is 404 g/mol. The zero-order chi connectivity index (χ0) is 21.3. The summed E-state index contributed by atoms with van der Waals surface area (Å²) >= 11 is 0. The highest BCUT2D eigenvalue weighted by molar-refractivity contribution is 7.92. The average molecular weight is 429 g/mol. The Kier molecular flexibility index (Phi) is 5.38. The van der Waals surface area contributed by atoms with Gasteiger partial charge in [0.2, 0.25) is 0 Å². The molecule has 1 amide bonds. The number of rotatable bonds is 5. The van der Waals surface area contributed by atoms with Gasteiger partial charge in [-0.2, -0.15) is 0 Å². The molecule has 9 heteroatoms. The minimum atomic E-state index is -3.96. The lowest BCUT2D eigenvalue weighted by molar-refractivity contribution is 0.0924. The zero-order valence-electron chi connectivity index (χ0n) is 16.6. The Morgan fingerprint density at radius 3 is 2.47 bits per heavy atom. The number of fused-ring (bicyclic) bond motifs is 1. The Morgan fingerprint density at radius 1 is 1.00 bits per heavy atom. The number of H-pyrrole nitrogens is 2. The molecule has 0 saturated heterocycles. The molecule has 0 spiro atoms. The number of carbonyl (C=O) groups is 1. The standard InChI is InChI=1S/C21H24N4O4S/c1-13-6-8-14(9-7-13)22-20(26)16-4-2-3-5-17(16)25-30(28,29)15-10-11-18-19(12-15)24-21(27)23-18/h2-5,10-14,25H,6-9H2,1H3,(H,22,26)(H2,23,24,27). The lowest BCUT2D eigenvalue weighted by Gasteiger charge is -2.27. The molecule has 0 radical (unpaired) electrons. The quantitative estimate of drug-likeness (QED) is 0.499. The number of carbonyl (C=O) groups excluding carboxylic acids is 1. The fourth-order valence-electron chi connectivity index (χ4n) is 3.82. The molecule has 4 rings (SSSR count). The Balaban J connectivity index is 1.56. The maximum Gasteiger partial charge on any atom is 0.323 e. The van der Waals surface area contributed by atoms with Crippen molar-refractivity contribution in [2.45, 2.75) is 43.5 Å². The van der Waals surface area contributed by atoms with Gasteiger partial charge < -0.3 is 15.3 Å². The number of amides is 1. The molecule has 2 aromatic carbocycles. The fourth-order valence-corrected chi connectivity index (χ4v) is 4.93. The van der Waals surface area contributed by atoms with Crippen molar-refractivity contribution in [1.82, 2.24) is 15.3 Å². The van der Waals surface area contributed by atoms with Crippen molar-refractivity contribution in [1.29, 1.82) is 0 Å². The first kappa shape index (κ1) is 20.2. The van der Waals surface area contributed by atoms with Crippen LogP contribution in [0.2, 0.25) is 0 Å². The molecular formula is C21H24N4O4S. The second-order valence-corrected chi connectivity index (χ2v) is 9.55. The molecule has 30 heavy (non-hydrogen) atoms. The van der Waals surface area contributed by atoms with Crippen LogP contribution < -0.4 is 15.7 Å². The number of sulfonamides is 1. The van der Waals surface area contributed by atoms with Crippen LogP contribution in [0.25, 0.3) is 11.0 Å². The van der Waals surface area contributed by atoms with Crippen molar-refractivity contribution in [3.63, 3.8) is 0 Å². The van der Waals surface area contributed by atoms with E-state index in [0.29, 0.717) is 17.0 Å². The lowest BCUT2D eigenvalue weighted by Crippen LogP contribution is -2.37. The number of anilines is 1. The first-order valence-corrected chi connectivity index (χ1v) is 11.4. The number of imidazole rings is 1. The molecule has 4 N–H and O–H groups in total. The summed E-state index contributed by atoms with van der Waals surface area (Å²) in [6.45, 7) is 2.21. The van der Waals surface area contributed by atoms with Gasteiger partial charge in [0, 0.05) is 6.04 Å². The van der Waals surface area contributed by atoms with Gasteiger partial charge in [-0.1, -0.05) is 19.1 Å². The number of hydrogen-bond acceptors (Lipinski definition) is 4. The first-order chi connectivity index (χ1) is 14.3. The van der Waals surface area contributed by atoms with Crippen molar-refractivity contribution in [3.05, 3.63) is 58.5 Å². The third-order valence-corrected chi connectivity index (χ3v) is 6.93. The fraction of sp³-hybridized carbons (Fsp3) is 0.333. The molecule has 0 unspecified atom stereocenters. The SMILES string of the molecule is CC1CCC(NC(=O)c2ccccc2NS(=O)(=O)c2ccc3[nH]c(=O)[nH]c3c2)CC1. The molecule has 1 aliphatic carbocycles. The lowest BCUT2D eigenvalue weighted by atomic mass is 9.87. The van der Waals surface area contributed by atoms with Crippen LogP contribution in [0.1, 0.15) is 43.0 Å². The van der Waals surface area contributed by atoms with Crippen LogP contribution in [-0.2, 0) is 10.0 Å². The third-order valence-electron chi connectivity index (χ3n) is 5.56. The largest absolute Gasteiger partial charge is 0.349 e. The minimum Gasteiger partial charge on any atom is -0.349 e. The van der Waals surface area contributed by atoms with Gasteiger partial charge in [0.05, 0.1) is 27.2 Å². The maximum absolute atomic E-state index is 12.9. The van der Waals surface area contributed by atoms with E-state index in [-0.39, 0.29) is 28.1 Å². The number of para-hydroxylation sites is 1. The molecule has 1 aromatic heterocycles. The van der Waals surface area contributed by atoms with Crippen molar-refractivity contribution in [2.75, 3.05) is 4.72 Å². The Bertz CT molecular complexity index is 1240. The van der Waals surface area contributed by atoms with E-state index in [1.807, 2.05) is 0 Å². The molecule has 0 atom stereocenters. The topological polar surface area (TPSA) is 124 Å². The summed E-state index contributed by atoms with van der Waals surface area (Å²) in [6, 6.07) is 10.9. The molecule has 0 aliphatic heterocycles. The Hall–Kier alpha value is -3.07. The molecule has 3 aromatic rings. The van der Waals surface area contributed by atoms with Crippen LogP contribution in [0.4, 0.5) is 5.69 Å². The summed E-state index contributed by atoms with van der Waals surface area (Å²) in [4.78, 5) is 29.4. The van der Waals surface area contributed by atoms with Crippen LogP contribution in [0.15, 0.2) is 52.2 Å². The van der Waals surface area contributed by atoms with Gasteiger partial charge in [0.25, 0.3) is 15.9 Å². The van der Waals surface area contributed by atoms with Gasteiger partial charge in [-0.15, -0.1) is 0 Å². The minimum absolute atomic E-state index is 0.0123. The van der Waals surface area contributed by atoms with Gasteiger partial charge in [-0.3, -0.25) is 9.52 Å². The van der Waals surface area contributed by atoms with E-state index in [1.54, 1.807) is 24.3 Å². The van der Waals surface area contributed by atoms with E-state index in [2.05, 4.69) is 26.9 Å². The summed E-state index contributed by atoms with van der Waals surface area (Å²) in [6.07, 6.45) is 4.00. The van der Waals surface area contributed by atoms with Gasteiger partial charge >= 0.3 is 5.69 Å². The van der Waals surface area contributed by atoms with E-state index in [1.165, 1.54) is 18.2 Å². The van der Waals surface area contributed by atoms with E-state index in [4.69, 9.17) is 0 Å². The summed E-state index contributed by atoms with van der Waals surface area (Å²) in [5.41, 5.74) is 0.977. The number of hydrogen-bond donors (Lipinski definition) is 4. The predicted octanol–water partition coefficient (Wildman–Crippen LogP) is 2.97. The van der Waals surface area contributed by atoms with Crippen molar-refractivity contribution < 1.29 is 13.2 Å². The second-order valence-electron chi connectivity index (χ2n) is 7.87. The van der Waals surface area contributed by atoms with Crippen LogP contribution in [0.3, 0.4) is 0 Å². The van der Waals surface area contributed by atoms with Gasteiger partial charge in [0.15, 0.2) is 0 Å². The molecule has 8 nitrogen and oxygen atoms in total. The summed E-state index contributed by atoms with van der Waals surface area (Å²) in [5, 5.41) is 3.03. The van der Waals surface area contributed by atoms with E-state index in [9.17, 15) is 18.0 Å². The molecule has 158 valence electrons. The smallest absolute Gasteiger partial charge is 0.323 e. The summed E-state index contributed by atoms with van der Waals surface area (Å²) in [7, 11) is -3.96. The third kappa shape index (κ3) is 4.25. The zero-order valence-corrected chi connectivity index (χ0v) is 17.4. The molecule has 1 aliphatic rings. The van der Waals surface area contributed by atoms with E-state index in [0.717, 1.165) is 25.7 Å². The van der Waals surface area contributed by atoms with Crippen LogP contribution in [0, 0.1) is 5.92 Å². The molecule has 1 heterocycles. The highest BCUT2D eigenvalue weighted by atomic mass is 32.2. The van der Waals surface area contributed by atoms with Gasteiger partial charge in [-0.25, -0.2) is 13.2 Å². The maximum atomic E-state index is 12.9. The molecule has 1 fully saturated rings. The number of aromatic amines is 2. The van der Waals surface area contributed by atoms with Crippen LogP contribution in [0.5, 0.6) is 0 Å². The second kappa shape index (κ2) is 7.98. The Morgan fingerprint density at radius 2 is 1.70 bits per heavy atom. The van der Waals surface area contributed by atoms with Crippen molar-refractivity contribution in [3.8, 4) is 0 Å². The number of benzene rings is 2. The van der Waals surface area contributed by atoms with E-state index < -0.39 is 15.7 Å². The normalized spacial score (nSPS) is 19.5.